The zero-order valence-electron chi connectivity index (χ0n) is 14.1. The highest BCUT2D eigenvalue weighted by molar-refractivity contribution is 7.55. The molecule has 128 valence electrons. The molecule has 0 bridgehead atoms. The van der Waals surface area contributed by atoms with E-state index in [-0.39, 0.29) is 0 Å². The largest absolute Gasteiger partial charge is 0.368 e. The number of anilines is 1. The van der Waals surface area contributed by atoms with Crippen LogP contribution in [0.2, 0.25) is 0 Å². The molecule has 0 amide bonds. The van der Waals surface area contributed by atoms with E-state index in [2.05, 4.69) is 5.32 Å². The summed E-state index contributed by atoms with van der Waals surface area (Å²) in [6.07, 6.45) is 3.76. The second kappa shape index (κ2) is 9.43. The van der Waals surface area contributed by atoms with Crippen LogP contribution in [0.3, 0.4) is 0 Å². The van der Waals surface area contributed by atoms with E-state index in [1.165, 1.54) is 0 Å². The van der Waals surface area contributed by atoms with E-state index >= 15 is 0 Å². The van der Waals surface area contributed by atoms with Crippen molar-refractivity contribution >= 4 is 19.4 Å². The summed E-state index contributed by atoms with van der Waals surface area (Å²) < 4.78 is 24.2. The van der Waals surface area contributed by atoms with Crippen molar-refractivity contribution < 1.29 is 13.6 Å². The zero-order valence-corrected chi connectivity index (χ0v) is 15.0. The van der Waals surface area contributed by atoms with Crippen molar-refractivity contribution in [3.05, 3.63) is 72.3 Å². The third-order valence-corrected chi connectivity index (χ3v) is 5.54. The summed E-state index contributed by atoms with van der Waals surface area (Å²) in [4.78, 5) is 0. The third-order valence-electron chi connectivity index (χ3n) is 3.32. The second-order valence-electron chi connectivity index (χ2n) is 5.10. The molecular weight excluding hydrogens is 321 g/mol. The first-order chi connectivity index (χ1) is 11.7. The molecule has 1 atom stereocenters. The molecule has 4 nitrogen and oxygen atoms in total. The average Bonchev–Trinajstić information content (AvgIpc) is 2.61. The number of nitrogens with one attached hydrogen (secondary N) is 1. The van der Waals surface area contributed by atoms with Gasteiger partial charge in [-0.25, -0.2) is 0 Å². The van der Waals surface area contributed by atoms with Gasteiger partial charge in [-0.05, 0) is 37.6 Å². The van der Waals surface area contributed by atoms with Crippen LogP contribution in [0.1, 0.15) is 19.4 Å². The van der Waals surface area contributed by atoms with Crippen molar-refractivity contribution in [2.24, 2.45) is 0 Å². The first-order valence-corrected chi connectivity index (χ1v) is 9.72. The number of hydrogen-bond donors (Lipinski definition) is 1. The molecule has 0 aliphatic carbocycles. The van der Waals surface area contributed by atoms with Crippen LogP contribution in [-0.4, -0.2) is 19.0 Å². The van der Waals surface area contributed by atoms with Crippen molar-refractivity contribution in [1.82, 2.24) is 0 Å². The van der Waals surface area contributed by atoms with E-state index in [1.54, 1.807) is 0 Å². The Balaban J connectivity index is 2.29. The van der Waals surface area contributed by atoms with Crippen LogP contribution >= 0.6 is 7.60 Å². The Bertz CT molecular complexity index is 664. The van der Waals surface area contributed by atoms with Crippen molar-refractivity contribution in [1.29, 1.82) is 0 Å². The summed E-state index contributed by atoms with van der Waals surface area (Å²) in [5, 5.41) is 3.26. The molecular formula is C19H24NO3P. The van der Waals surface area contributed by atoms with Gasteiger partial charge in [0.05, 0.1) is 13.2 Å². The summed E-state index contributed by atoms with van der Waals surface area (Å²) in [7, 11) is -3.33. The van der Waals surface area contributed by atoms with Crippen LogP contribution in [0, 0.1) is 0 Å². The summed E-state index contributed by atoms with van der Waals surface area (Å²) in [6.45, 7) is 4.27. The maximum Gasteiger partial charge on any atom is 0.356 e. The highest BCUT2D eigenvalue weighted by atomic mass is 31.2. The van der Waals surface area contributed by atoms with E-state index in [9.17, 15) is 4.57 Å². The van der Waals surface area contributed by atoms with Crippen LogP contribution in [0.5, 0.6) is 0 Å². The molecule has 0 radical (unpaired) electrons. The minimum atomic E-state index is -3.33. The van der Waals surface area contributed by atoms with E-state index in [1.807, 2.05) is 86.7 Å². The summed E-state index contributed by atoms with van der Waals surface area (Å²) in [6, 6.07) is 19.5. The number of rotatable bonds is 9. The Morgan fingerprint density at radius 1 is 0.958 bits per heavy atom. The molecule has 1 N–H and O–H groups in total. The molecule has 2 aromatic rings. The van der Waals surface area contributed by atoms with Gasteiger partial charge in [-0.1, -0.05) is 54.6 Å². The lowest BCUT2D eigenvalue weighted by Gasteiger charge is -2.25. The Hall–Kier alpha value is -1.87. The lowest BCUT2D eigenvalue weighted by atomic mass is 10.2. The first-order valence-electron chi connectivity index (χ1n) is 8.11. The smallest absolute Gasteiger partial charge is 0.356 e. The molecule has 0 spiro atoms. The van der Waals surface area contributed by atoms with E-state index < -0.39 is 13.4 Å². The van der Waals surface area contributed by atoms with Crippen molar-refractivity contribution in [2.75, 3.05) is 18.5 Å². The van der Waals surface area contributed by atoms with E-state index in [0.717, 1.165) is 11.3 Å². The molecule has 24 heavy (non-hydrogen) atoms. The van der Waals surface area contributed by atoms with Gasteiger partial charge in [0.15, 0.2) is 0 Å². The molecule has 2 aromatic carbocycles. The van der Waals surface area contributed by atoms with Gasteiger partial charge >= 0.3 is 7.60 Å². The van der Waals surface area contributed by atoms with Crippen LogP contribution < -0.4 is 5.32 Å². The molecule has 0 aromatic heterocycles. The maximum absolute atomic E-state index is 13.2. The summed E-state index contributed by atoms with van der Waals surface area (Å²) >= 11 is 0. The minimum Gasteiger partial charge on any atom is -0.368 e. The van der Waals surface area contributed by atoms with E-state index in [4.69, 9.17) is 9.05 Å². The van der Waals surface area contributed by atoms with Gasteiger partial charge in [-0.15, -0.1) is 0 Å². The van der Waals surface area contributed by atoms with Crippen LogP contribution in [0.4, 0.5) is 5.69 Å². The number of benzene rings is 2. The van der Waals surface area contributed by atoms with Crippen molar-refractivity contribution in [3.63, 3.8) is 0 Å². The fourth-order valence-electron chi connectivity index (χ4n) is 2.26. The molecule has 0 heterocycles. The predicted octanol–water partition coefficient (Wildman–Crippen LogP) is 5.40. The molecule has 0 aliphatic rings. The normalized spacial score (nSPS) is 13.1. The Morgan fingerprint density at radius 3 is 2.04 bits per heavy atom. The monoisotopic (exact) mass is 345 g/mol. The predicted molar refractivity (Wildman–Crippen MR) is 100 cm³/mol. The average molecular weight is 345 g/mol. The Morgan fingerprint density at radius 2 is 1.50 bits per heavy atom. The molecule has 0 saturated carbocycles. The van der Waals surface area contributed by atoms with Gasteiger partial charge in [0.1, 0.15) is 5.78 Å². The highest BCUT2D eigenvalue weighted by Crippen LogP contribution is 2.53. The van der Waals surface area contributed by atoms with Gasteiger partial charge in [0.25, 0.3) is 0 Å². The minimum absolute atomic E-state index is 0.323. The fraction of sp³-hybridized carbons (Fsp3) is 0.263. The topological polar surface area (TPSA) is 47.6 Å². The molecule has 0 saturated heterocycles. The lowest BCUT2D eigenvalue weighted by molar-refractivity contribution is 0.217. The third kappa shape index (κ3) is 5.34. The molecule has 0 fully saturated rings. The van der Waals surface area contributed by atoms with Gasteiger partial charge < -0.3 is 14.4 Å². The van der Waals surface area contributed by atoms with Crippen molar-refractivity contribution in [2.45, 2.75) is 19.6 Å². The summed E-state index contributed by atoms with van der Waals surface area (Å²) in [5.74, 6) is -0.569. The molecule has 0 aliphatic heterocycles. The zero-order chi connectivity index (χ0) is 17.3. The lowest BCUT2D eigenvalue weighted by Crippen LogP contribution is -2.20. The van der Waals surface area contributed by atoms with E-state index in [0.29, 0.717) is 13.2 Å². The van der Waals surface area contributed by atoms with Crippen LogP contribution in [0.15, 0.2) is 66.7 Å². The highest BCUT2D eigenvalue weighted by Gasteiger charge is 2.33. The Labute approximate surface area is 144 Å². The van der Waals surface area contributed by atoms with Gasteiger partial charge in [-0.3, -0.25) is 4.57 Å². The Kier molecular flexibility index (Phi) is 7.26. The quantitative estimate of drug-likeness (QED) is 0.618. The SMILES string of the molecule is CCOP(=O)(OCC)C(/C=C/c1ccccc1)Nc1ccccc1. The molecule has 2 rings (SSSR count). The maximum atomic E-state index is 13.2. The standard InChI is InChI=1S/C19H24NO3P/c1-3-22-24(21,23-4-2)19(20-18-13-9-6-10-14-18)16-15-17-11-7-5-8-12-17/h5-16,19-20H,3-4H2,1-2H3/b16-15+. The van der Waals surface area contributed by atoms with Crippen LogP contribution in [-0.2, 0) is 13.6 Å². The van der Waals surface area contributed by atoms with Gasteiger partial charge in [0, 0.05) is 5.69 Å². The summed E-state index contributed by atoms with van der Waals surface area (Å²) in [5.41, 5.74) is 1.89. The number of hydrogen-bond acceptors (Lipinski definition) is 4. The van der Waals surface area contributed by atoms with Gasteiger partial charge in [-0.2, -0.15) is 0 Å². The van der Waals surface area contributed by atoms with Crippen molar-refractivity contribution in [3.8, 4) is 0 Å². The number of para-hydroxylation sites is 1. The molecule has 5 heteroatoms. The molecule has 1 unspecified atom stereocenters. The van der Waals surface area contributed by atoms with Gasteiger partial charge in [0.2, 0.25) is 0 Å². The van der Waals surface area contributed by atoms with Crippen LogP contribution in [0.25, 0.3) is 6.08 Å². The fourth-order valence-corrected chi connectivity index (χ4v) is 3.98. The second-order valence-corrected chi connectivity index (χ2v) is 7.25. The first kappa shape index (κ1) is 18.5.